The minimum atomic E-state index is -4.61. The second-order valence-corrected chi connectivity index (χ2v) is 7.15. The Bertz CT molecular complexity index is 1000. The number of nitrogens with one attached hydrogen (secondary N) is 1. The van der Waals surface area contributed by atoms with Crippen LogP contribution in [0.3, 0.4) is 0 Å². The number of primary amides is 1. The predicted molar refractivity (Wildman–Crippen MR) is 107 cm³/mol. The number of nitrogens with zero attached hydrogens (tertiary/aromatic N) is 2. The largest absolute Gasteiger partial charge is 0.416 e. The van der Waals surface area contributed by atoms with Gasteiger partial charge in [-0.1, -0.05) is 0 Å². The number of rotatable bonds is 5. The van der Waals surface area contributed by atoms with Crippen LogP contribution in [0.15, 0.2) is 42.5 Å². The van der Waals surface area contributed by atoms with Gasteiger partial charge < -0.3 is 16.0 Å². The smallest absolute Gasteiger partial charge is 0.370 e. The average Bonchev–Trinajstić information content (AvgIpc) is 2.73. The number of alkyl halides is 3. The number of non-ortho nitro benzene ring substituents is 1. The van der Waals surface area contributed by atoms with E-state index in [4.69, 9.17) is 5.73 Å². The first-order chi connectivity index (χ1) is 14.6. The molecule has 164 valence electrons. The fourth-order valence-electron chi connectivity index (χ4n) is 3.42. The summed E-state index contributed by atoms with van der Waals surface area (Å²) in [5.74, 6) is -1.43. The lowest BCUT2D eigenvalue weighted by molar-refractivity contribution is -0.384. The van der Waals surface area contributed by atoms with E-state index in [9.17, 15) is 32.9 Å². The van der Waals surface area contributed by atoms with Gasteiger partial charge in [-0.2, -0.15) is 13.2 Å². The van der Waals surface area contributed by atoms with Crippen molar-refractivity contribution in [3.63, 3.8) is 0 Å². The minimum Gasteiger partial charge on any atom is -0.370 e. The molecule has 31 heavy (non-hydrogen) atoms. The molecule has 2 aromatic rings. The van der Waals surface area contributed by atoms with Gasteiger partial charge in [0.05, 0.1) is 21.9 Å². The van der Waals surface area contributed by atoms with Gasteiger partial charge in [-0.05, 0) is 43.2 Å². The normalized spacial score (nSPS) is 14.9. The van der Waals surface area contributed by atoms with E-state index in [-0.39, 0.29) is 22.9 Å². The van der Waals surface area contributed by atoms with Gasteiger partial charge in [0, 0.05) is 36.7 Å². The molecule has 8 nitrogen and oxygen atoms in total. The van der Waals surface area contributed by atoms with Crippen LogP contribution in [0.5, 0.6) is 0 Å². The molecule has 2 amide bonds. The molecule has 0 spiro atoms. The summed E-state index contributed by atoms with van der Waals surface area (Å²) in [6, 6.07) is 7.76. The van der Waals surface area contributed by atoms with Crippen molar-refractivity contribution in [2.75, 3.05) is 23.3 Å². The summed E-state index contributed by atoms with van der Waals surface area (Å²) in [6.07, 6.45) is -3.71. The number of amides is 2. The molecular weight excluding hydrogens is 417 g/mol. The number of hydrogen-bond acceptors (Lipinski definition) is 5. The summed E-state index contributed by atoms with van der Waals surface area (Å²) >= 11 is 0. The molecule has 2 aromatic carbocycles. The number of benzene rings is 2. The van der Waals surface area contributed by atoms with Crippen LogP contribution < -0.4 is 16.0 Å². The van der Waals surface area contributed by atoms with Crippen LogP contribution in [0.1, 0.15) is 28.8 Å². The van der Waals surface area contributed by atoms with Crippen LogP contribution >= 0.6 is 0 Å². The zero-order valence-corrected chi connectivity index (χ0v) is 16.2. The molecule has 0 atom stereocenters. The number of anilines is 2. The molecule has 0 radical (unpaired) electrons. The number of nitro groups is 1. The third kappa shape index (κ3) is 5.11. The number of nitro benzene ring substituents is 1. The SMILES string of the molecule is NC(=O)C1CCN(c2ccc(C(F)(F)F)cc2NC(=O)c2ccc([N+](=O)[O-])cc2)CC1. The van der Waals surface area contributed by atoms with Gasteiger partial charge in [-0.25, -0.2) is 0 Å². The molecule has 0 bridgehead atoms. The van der Waals surface area contributed by atoms with Crippen LogP contribution in [0.25, 0.3) is 0 Å². The van der Waals surface area contributed by atoms with Crippen molar-refractivity contribution < 1.29 is 27.7 Å². The maximum Gasteiger partial charge on any atom is 0.416 e. The quantitative estimate of drug-likeness (QED) is 0.549. The molecule has 0 aromatic heterocycles. The van der Waals surface area contributed by atoms with Gasteiger partial charge in [-0.3, -0.25) is 19.7 Å². The van der Waals surface area contributed by atoms with Crippen LogP contribution in [0, 0.1) is 16.0 Å². The summed E-state index contributed by atoms with van der Waals surface area (Å²) in [4.78, 5) is 35.9. The number of piperidine rings is 1. The zero-order valence-electron chi connectivity index (χ0n) is 16.2. The molecule has 0 aliphatic carbocycles. The van der Waals surface area contributed by atoms with Gasteiger partial charge >= 0.3 is 6.18 Å². The first-order valence-corrected chi connectivity index (χ1v) is 9.37. The van der Waals surface area contributed by atoms with Crippen molar-refractivity contribution in [2.45, 2.75) is 19.0 Å². The Morgan fingerprint density at radius 2 is 1.71 bits per heavy atom. The van der Waals surface area contributed by atoms with E-state index in [2.05, 4.69) is 5.32 Å². The summed E-state index contributed by atoms with van der Waals surface area (Å²) in [6.45, 7) is 0.777. The molecule has 11 heteroatoms. The van der Waals surface area contributed by atoms with E-state index < -0.39 is 28.5 Å². The number of carbonyl (C=O) groups is 2. The van der Waals surface area contributed by atoms with E-state index >= 15 is 0 Å². The van der Waals surface area contributed by atoms with Gasteiger partial charge in [0.15, 0.2) is 0 Å². The summed E-state index contributed by atoms with van der Waals surface area (Å²) in [5, 5.41) is 13.2. The standard InChI is InChI=1S/C20H19F3N4O4/c21-20(22,23)14-3-6-17(26-9-7-12(8-10-26)18(24)28)16(11-14)25-19(29)13-1-4-15(5-2-13)27(30)31/h1-6,11-12H,7-10H2,(H2,24,28)(H,25,29). The van der Waals surface area contributed by atoms with E-state index in [1.54, 1.807) is 4.90 Å². The van der Waals surface area contributed by atoms with Crippen molar-refractivity contribution in [1.29, 1.82) is 0 Å². The third-order valence-electron chi connectivity index (χ3n) is 5.15. The molecule has 1 heterocycles. The zero-order chi connectivity index (χ0) is 22.8. The first-order valence-electron chi connectivity index (χ1n) is 9.37. The van der Waals surface area contributed by atoms with Gasteiger partial charge in [-0.15, -0.1) is 0 Å². The Hall–Kier alpha value is -3.63. The van der Waals surface area contributed by atoms with Crippen LogP contribution in [0.4, 0.5) is 30.2 Å². The fraction of sp³-hybridized carbons (Fsp3) is 0.300. The lowest BCUT2D eigenvalue weighted by atomic mass is 9.95. The van der Waals surface area contributed by atoms with Crippen molar-refractivity contribution in [2.24, 2.45) is 11.7 Å². The maximum absolute atomic E-state index is 13.2. The highest BCUT2D eigenvalue weighted by Crippen LogP contribution is 2.37. The number of halogens is 3. The highest BCUT2D eigenvalue weighted by atomic mass is 19.4. The molecule has 0 saturated carbocycles. The van der Waals surface area contributed by atoms with Crippen molar-refractivity contribution in [3.05, 3.63) is 63.7 Å². The van der Waals surface area contributed by atoms with E-state index in [0.717, 1.165) is 24.3 Å². The van der Waals surface area contributed by atoms with Crippen molar-refractivity contribution in [3.8, 4) is 0 Å². The van der Waals surface area contributed by atoms with E-state index in [1.165, 1.54) is 18.2 Å². The first kappa shape index (κ1) is 22.1. The molecule has 1 fully saturated rings. The van der Waals surface area contributed by atoms with E-state index in [1.807, 2.05) is 0 Å². The molecule has 3 N–H and O–H groups in total. The van der Waals surface area contributed by atoms with E-state index in [0.29, 0.717) is 31.6 Å². The predicted octanol–water partition coefficient (Wildman–Crippen LogP) is 3.57. The number of nitrogens with two attached hydrogens (primary N) is 1. The lowest BCUT2D eigenvalue weighted by Gasteiger charge is -2.33. The Morgan fingerprint density at radius 3 is 2.23 bits per heavy atom. The molecule has 1 aliphatic rings. The van der Waals surface area contributed by atoms with Gasteiger partial charge in [0.2, 0.25) is 5.91 Å². The fourth-order valence-corrected chi connectivity index (χ4v) is 3.42. The summed E-state index contributed by atoms with van der Waals surface area (Å²) in [5.41, 5.74) is 4.58. The van der Waals surface area contributed by atoms with Crippen LogP contribution in [-0.2, 0) is 11.0 Å². The molecular formula is C20H19F3N4O4. The highest BCUT2D eigenvalue weighted by Gasteiger charge is 2.32. The van der Waals surface area contributed by atoms with Crippen LogP contribution in [-0.4, -0.2) is 29.8 Å². The molecule has 3 rings (SSSR count). The molecule has 1 aliphatic heterocycles. The van der Waals surface area contributed by atoms with Gasteiger partial charge in [0.1, 0.15) is 0 Å². The second-order valence-electron chi connectivity index (χ2n) is 7.15. The maximum atomic E-state index is 13.2. The topological polar surface area (TPSA) is 119 Å². The Labute approximate surface area is 175 Å². The summed E-state index contributed by atoms with van der Waals surface area (Å²) < 4.78 is 39.7. The summed E-state index contributed by atoms with van der Waals surface area (Å²) in [7, 11) is 0. The molecule has 1 saturated heterocycles. The van der Waals surface area contributed by atoms with Crippen molar-refractivity contribution in [1.82, 2.24) is 0 Å². The minimum absolute atomic E-state index is 0.0456. The molecule has 0 unspecified atom stereocenters. The lowest BCUT2D eigenvalue weighted by Crippen LogP contribution is -2.39. The number of carbonyl (C=O) groups excluding carboxylic acids is 2. The van der Waals surface area contributed by atoms with Gasteiger partial charge in [0.25, 0.3) is 11.6 Å². The average molecular weight is 436 g/mol. The Morgan fingerprint density at radius 1 is 1.10 bits per heavy atom. The Kier molecular flexibility index (Phi) is 6.14. The Balaban J connectivity index is 1.88. The second kappa shape index (κ2) is 8.62. The monoisotopic (exact) mass is 436 g/mol. The number of hydrogen-bond donors (Lipinski definition) is 2. The van der Waals surface area contributed by atoms with Crippen molar-refractivity contribution >= 4 is 28.9 Å². The highest BCUT2D eigenvalue weighted by molar-refractivity contribution is 6.06. The van der Waals surface area contributed by atoms with Crippen LogP contribution in [0.2, 0.25) is 0 Å². The third-order valence-corrected chi connectivity index (χ3v) is 5.15.